The number of carbonyl (C=O) groups excluding carboxylic acids is 2. The van der Waals surface area contributed by atoms with Crippen molar-refractivity contribution in [2.45, 2.75) is 32.0 Å². The number of amides is 2. The molecule has 3 heterocycles. The Bertz CT molecular complexity index is 934. The average molecular weight is 380 g/mol. The fourth-order valence-corrected chi connectivity index (χ4v) is 4.17. The summed E-state index contributed by atoms with van der Waals surface area (Å²) in [6.45, 7) is 2.35. The predicted octanol–water partition coefficient (Wildman–Crippen LogP) is 3.79. The molecule has 0 saturated carbocycles. The van der Waals surface area contributed by atoms with Gasteiger partial charge in [-0.25, -0.2) is 0 Å². The van der Waals surface area contributed by atoms with E-state index in [9.17, 15) is 9.59 Å². The molecular formula is C21H20N2O3S. The largest absolute Gasteiger partial charge is 0.459 e. The zero-order chi connectivity index (χ0) is 18.8. The van der Waals surface area contributed by atoms with Gasteiger partial charge >= 0.3 is 0 Å². The number of rotatable bonds is 4. The molecule has 5 nitrogen and oxygen atoms in total. The number of hydrogen-bond donors (Lipinski definition) is 1. The number of furan rings is 1. The maximum atomic E-state index is 13.1. The van der Waals surface area contributed by atoms with Gasteiger partial charge in [-0.1, -0.05) is 30.3 Å². The number of nitrogens with zero attached hydrogens (tertiary/aromatic N) is 1. The number of nitrogens with one attached hydrogen (secondary N) is 1. The van der Waals surface area contributed by atoms with Crippen molar-refractivity contribution >= 4 is 23.2 Å². The molecule has 138 valence electrons. The number of benzene rings is 1. The molecular weight excluding hydrogens is 360 g/mol. The average Bonchev–Trinajstić information content (AvgIpc) is 3.40. The van der Waals surface area contributed by atoms with Crippen molar-refractivity contribution in [1.29, 1.82) is 0 Å². The SMILES string of the molecule is C[C@H](NC(=O)[C@H]1Cc2ccccc2CN1C(=O)c1ccco1)c1cccs1. The Kier molecular flexibility index (Phi) is 4.81. The Hall–Kier alpha value is -2.86. The zero-order valence-electron chi connectivity index (χ0n) is 14.9. The van der Waals surface area contributed by atoms with Gasteiger partial charge in [0.2, 0.25) is 5.91 Å². The van der Waals surface area contributed by atoms with Crippen molar-refractivity contribution in [3.63, 3.8) is 0 Å². The van der Waals surface area contributed by atoms with E-state index in [1.54, 1.807) is 28.4 Å². The van der Waals surface area contributed by atoms with Gasteiger partial charge in [0.25, 0.3) is 5.91 Å². The Balaban J connectivity index is 1.60. The second kappa shape index (κ2) is 7.40. The second-order valence-corrected chi connectivity index (χ2v) is 7.62. The third-order valence-corrected chi connectivity index (χ3v) is 5.93. The number of carbonyl (C=O) groups is 2. The van der Waals surface area contributed by atoms with E-state index in [0.29, 0.717) is 13.0 Å². The molecule has 0 saturated heterocycles. The summed E-state index contributed by atoms with van der Waals surface area (Å²) in [5.74, 6) is -0.165. The van der Waals surface area contributed by atoms with E-state index in [-0.39, 0.29) is 23.6 Å². The number of hydrogen-bond acceptors (Lipinski definition) is 4. The summed E-state index contributed by atoms with van der Waals surface area (Å²) in [6.07, 6.45) is 1.96. The molecule has 2 amide bonds. The van der Waals surface area contributed by atoms with E-state index in [2.05, 4.69) is 5.32 Å². The van der Waals surface area contributed by atoms with Gasteiger partial charge < -0.3 is 14.6 Å². The van der Waals surface area contributed by atoms with Crippen molar-refractivity contribution in [3.05, 3.63) is 81.9 Å². The summed E-state index contributed by atoms with van der Waals surface area (Å²) < 4.78 is 5.28. The van der Waals surface area contributed by atoms with Crippen LogP contribution in [0, 0.1) is 0 Å². The Morgan fingerprint density at radius 2 is 1.96 bits per heavy atom. The fraction of sp³-hybridized carbons (Fsp3) is 0.238. The minimum Gasteiger partial charge on any atom is -0.459 e. The maximum Gasteiger partial charge on any atom is 0.290 e. The summed E-state index contributed by atoms with van der Waals surface area (Å²) in [4.78, 5) is 28.7. The molecule has 2 atom stereocenters. The van der Waals surface area contributed by atoms with Gasteiger partial charge in [0.05, 0.1) is 12.3 Å². The van der Waals surface area contributed by atoms with E-state index < -0.39 is 6.04 Å². The van der Waals surface area contributed by atoms with E-state index in [4.69, 9.17) is 4.42 Å². The van der Waals surface area contributed by atoms with Crippen molar-refractivity contribution in [3.8, 4) is 0 Å². The second-order valence-electron chi connectivity index (χ2n) is 6.64. The molecule has 1 aliphatic rings. The van der Waals surface area contributed by atoms with E-state index in [0.717, 1.165) is 16.0 Å². The number of thiophene rings is 1. The molecule has 3 aromatic rings. The molecule has 0 aliphatic carbocycles. The highest BCUT2D eigenvalue weighted by Crippen LogP contribution is 2.26. The molecule has 1 aliphatic heterocycles. The first-order valence-electron chi connectivity index (χ1n) is 8.88. The molecule has 0 unspecified atom stereocenters. The highest BCUT2D eigenvalue weighted by molar-refractivity contribution is 7.10. The lowest BCUT2D eigenvalue weighted by Crippen LogP contribution is -2.52. The first-order chi connectivity index (χ1) is 13.1. The Morgan fingerprint density at radius 1 is 1.15 bits per heavy atom. The maximum absolute atomic E-state index is 13.1. The quantitative estimate of drug-likeness (QED) is 0.749. The van der Waals surface area contributed by atoms with E-state index >= 15 is 0 Å². The molecule has 0 radical (unpaired) electrons. The van der Waals surface area contributed by atoms with Crippen LogP contribution in [-0.2, 0) is 17.8 Å². The summed E-state index contributed by atoms with van der Waals surface area (Å²) in [5, 5.41) is 5.05. The van der Waals surface area contributed by atoms with Crippen LogP contribution in [0.15, 0.2) is 64.6 Å². The lowest BCUT2D eigenvalue weighted by molar-refractivity contribution is -0.126. The number of fused-ring (bicyclic) bond motifs is 1. The van der Waals surface area contributed by atoms with Crippen LogP contribution >= 0.6 is 11.3 Å². The van der Waals surface area contributed by atoms with Crippen molar-refractivity contribution in [2.24, 2.45) is 0 Å². The first-order valence-corrected chi connectivity index (χ1v) is 9.76. The van der Waals surface area contributed by atoms with Crippen LogP contribution in [-0.4, -0.2) is 22.8 Å². The van der Waals surface area contributed by atoms with Crippen molar-refractivity contribution in [2.75, 3.05) is 0 Å². The summed E-state index contributed by atoms with van der Waals surface area (Å²) in [7, 11) is 0. The first kappa shape index (κ1) is 17.5. The minimum atomic E-state index is -0.570. The third kappa shape index (κ3) is 3.53. The van der Waals surface area contributed by atoms with Gasteiger partial charge in [-0.05, 0) is 41.6 Å². The van der Waals surface area contributed by atoms with Gasteiger partial charge in [0.1, 0.15) is 6.04 Å². The van der Waals surface area contributed by atoms with E-state index in [1.165, 1.54) is 6.26 Å². The Labute approximate surface area is 161 Å². The minimum absolute atomic E-state index is 0.102. The molecule has 0 spiro atoms. The summed E-state index contributed by atoms with van der Waals surface area (Å²) in [5.41, 5.74) is 2.16. The van der Waals surface area contributed by atoms with Crippen LogP contribution in [0.1, 0.15) is 39.5 Å². The van der Waals surface area contributed by atoms with Crippen LogP contribution in [0.2, 0.25) is 0 Å². The monoisotopic (exact) mass is 380 g/mol. The van der Waals surface area contributed by atoms with Crippen LogP contribution < -0.4 is 5.32 Å². The van der Waals surface area contributed by atoms with Crippen molar-refractivity contribution in [1.82, 2.24) is 10.2 Å². The summed E-state index contributed by atoms with van der Waals surface area (Å²) >= 11 is 1.60. The predicted molar refractivity (Wildman–Crippen MR) is 103 cm³/mol. The molecule has 0 fully saturated rings. The zero-order valence-corrected chi connectivity index (χ0v) is 15.7. The molecule has 1 aromatic carbocycles. The van der Waals surface area contributed by atoms with Crippen LogP contribution in [0.3, 0.4) is 0 Å². The third-order valence-electron chi connectivity index (χ3n) is 4.87. The van der Waals surface area contributed by atoms with E-state index in [1.807, 2.05) is 48.7 Å². The lowest BCUT2D eigenvalue weighted by atomic mass is 9.93. The smallest absolute Gasteiger partial charge is 0.290 e. The van der Waals surface area contributed by atoms with Crippen molar-refractivity contribution < 1.29 is 14.0 Å². The molecule has 1 N–H and O–H groups in total. The molecule has 0 bridgehead atoms. The normalized spacial score (nSPS) is 17.2. The molecule has 27 heavy (non-hydrogen) atoms. The van der Waals surface area contributed by atoms with Crippen LogP contribution in [0.25, 0.3) is 0 Å². The molecule has 6 heteroatoms. The fourth-order valence-electron chi connectivity index (χ4n) is 3.43. The summed E-state index contributed by atoms with van der Waals surface area (Å²) in [6, 6.07) is 14.5. The van der Waals surface area contributed by atoms with Gasteiger partial charge in [0, 0.05) is 17.8 Å². The highest BCUT2D eigenvalue weighted by Gasteiger charge is 2.36. The standard InChI is InChI=1S/C21H20N2O3S/c1-14(19-9-5-11-27-19)22-20(24)17-12-15-6-2-3-7-16(15)13-23(17)21(25)18-8-4-10-26-18/h2-11,14,17H,12-13H2,1H3,(H,22,24)/t14-,17+/m0/s1. The van der Waals surface area contributed by atoms with Crippen LogP contribution in [0.4, 0.5) is 0 Å². The van der Waals surface area contributed by atoms with Gasteiger partial charge in [0.15, 0.2) is 5.76 Å². The topological polar surface area (TPSA) is 62.6 Å². The van der Waals surface area contributed by atoms with Gasteiger partial charge in [-0.15, -0.1) is 11.3 Å². The lowest BCUT2D eigenvalue weighted by Gasteiger charge is -2.36. The molecule has 4 rings (SSSR count). The van der Waals surface area contributed by atoms with Gasteiger partial charge in [-0.3, -0.25) is 9.59 Å². The van der Waals surface area contributed by atoms with Gasteiger partial charge in [-0.2, -0.15) is 0 Å². The Morgan fingerprint density at radius 3 is 2.67 bits per heavy atom. The molecule has 2 aromatic heterocycles. The highest BCUT2D eigenvalue weighted by atomic mass is 32.1. The van der Waals surface area contributed by atoms with Crippen LogP contribution in [0.5, 0.6) is 0 Å².